The average molecular weight is 382 g/mol. The number of aryl methyl sites for hydroxylation is 1. The second kappa shape index (κ2) is 6.80. The third-order valence-electron chi connectivity index (χ3n) is 4.50. The second-order valence-corrected chi connectivity index (χ2v) is 8.96. The van der Waals surface area contributed by atoms with Gasteiger partial charge < -0.3 is 5.32 Å². The van der Waals surface area contributed by atoms with Crippen LogP contribution in [0.4, 0.5) is 0 Å². The van der Waals surface area contributed by atoms with E-state index in [1.54, 1.807) is 24.6 Å². The Kier molecular flexibility index (Phi) is 4.88. The van der Waals surface area contributed by atoms with Gasteiger partial charge in [-0.2, -0.15) is 5.10 Å². The maximum Gasteiger partial charge on any atom is 0.255 e. The molecule has 3 rings (SSSR count). The van der Waals surface area contributed by atoms with Crippen molar-refractivity contribution in [2.45, 2.75) is 32.9 Å². The van der Waals surface area contributed by atoms with Crippen molar-refractivity contribution in [2.75, 3.05) is 11.5 Å². The van der Waals surface area contributed by atoms with E-state index in [1.807, 2.05) is 18.2 Å². The third kappa shape index (κ3) is 3.72. The molecule has 0 bridgehead atoms. The number of amides is 1. The molecule has 1 aromatic heterocycles. The molecule has 0 aliphatic carbocycles. The highest BCUT2D eigenvalue weighted by molar-refractivity contribution is 7.91. The van der Waals surface area contributed by atoms with E-state index in [0.29, 0.717) is 34.9 Å². The van der Waals surface area contributed by atoms with Crippen molar-refractivity contribution in [2.24, 2.45) is 0 Å². The highest BCUT2D eigenvalue weighted by Gasteiger charge is 2.32. The Labute approximate surface area is 152 Å². The number of sulfone groups is 1. The van der Waals surface area contributed by atoms with Crippen LogP contribution in [0.25, 0.3) is 0 Å². The van der Waals surface area contributed by atoms with Crippen molar-refractivity contribution < 1.29 is 13.2 Å². The molecule has 6 nitrogen and oxygen atoms in total. The van der Waals surface area contributed by atoms with Crippen molar-refractivity contribution >= 4 is 27.3 Å². The second-order valence-electron chi connectivity index (χ2n) is 6.32. The summed E-state index contributed by atoms with van der Waals surface area (Å²) in [6, 6.07) is 7.13. The zero-order valence-electron chi connectivity index (χ0n) is 14.1. The van der Waals surface area contributed by atoms with Gasteiger partial charge in [0.2, 0.25) is 0 Å². The van der Waals surface area contributed by atoms with E-state index < -0.39 is 9.84 Å². The molecule has 134 valence electrons. The number of hydrogen-bond acceptors (Lipinski definition) is 4. The molecule has 1 N–H and O–H groups in total. The minimum absolute atomic E-state index is 0.0790. The summed E-state index contributed by atoms with van der Waals surface area (Å²) in [7, 11) is -3.01. The number of benzene rings is 1. The fourth-order valence-electron chi connectivity index (χ4n) is 3.22. The number of aromatic nitrogens is 2. The van der Waals surface area contributed by atoms with Gasteiger partial charge >= 0.3 is 0 Å². The van der Waals surface area contributed by atoms with Gasteiger partial charge in [-0.1, -0.05) is 29.8 Å². The van der Waals surface area contributed by atoms with Crippen molar-refractivity contribution in [3.8, 4) is 0 Å². The zero-order valence-corrected chi connectivity index (χ0v) is 15.7. The van der Waals surface area contributed by atoms with Crippen molar-refractivity contribution in [3.63, 3.8) is 0 Å². The van der Waals surface area contributed by atoms with Crippen LogP contribution >= 0.6 is 11.6 Å². The molecule has 1 atom stereocenters. The summed E-state index contributed by atoms with van der Waals surface area (Å²) in [4.78, 5) is 12.6. The quantitative estimate of drug-likeness (QED) is 0.881. The van der Waals surface area contributed by atoms with E-state index in [-0.39, 0.29) is 23.5 Å². The first kappa shape index (κ1) is 17.9. The summed E-state index contributed by atoms with van der Waals surface area (Å²) < 4.78 is 25.1. The van der Waals surface area contributed by atoms with Gasteiger partial charge in [-0.25, -0.2) is 8.42 Å². The van der Waals surface area contributed by atoms with Crippen LogP contribution in [-0.4, -0.2) is 35.6 Å². The SMILES string of the molecule is Cc1nn(C2CCS(=O)(=O)C2)c(C)c1C(=O)NCc1ccccc1Cl. The van der Waals surface area contributed by atoms with Gasteiger partial charge in [0.25, 0.3) is 5.91 Å². The molecule has 2 aromatic rings. The standard InChI is InChI=1S/C17H20ClN3O3S/c1-11-16(17(22)19-9-13-5-3-4-6-15(13)18)12(2)21(20-11)14-7-8-25(23,24)10-14/h3-6,14H,7-10H2,1-2H3,(H,19,22). The van der Waals surface area contributed by atoms with E-state index in [1.165, 1.54) is 0 Å². The van der Waals surface area contributed by atoms with Crippen LogP contribution in [0.5, 0.6) is 0 Å². The van der Waals surface area contributed by atoms with Crippen LogP contribution in [0, 0.1) is 13.8 Å². The average Bonchev–Trinajstić information content (AvgIpc) is 3.05. The number of carbonyl (C=O) groups is 1. The molecular formula is C17H20ClN3O3S. The lowest BCUT2D eigenvalue weighted by Gasteiger charge is -2.11. The molecule has 0 radical (unpaired) electrons. The van der Waals surface area contributed by atoms with Gasteiger partial charge in [0.1, 0.15) is 0 Å². The molecule has 2 heterocycles. The number of halogens is 1. The monoisotopic (exact) mass is 381 g/mol. The highest BCUT2D eigenvalue weighted by atomic mass is 35.5. The molecule has 1 saturated heterocycles. The van der Waals surface area contributed by atoms with Crippen LogP contribution in [0.1, 0.15) is 39.8 Å². The van der Waals surface area contributed by atoms with E-state index >= 15 is 0 Å². The topological polar surface area (TPSA) is 81.1 Å². The zero-order chi connectivity index (χ0) is 18.2. The fourth-order valence-corrected chi connectivity index (χ4v) is 5.12. The molecule has 1 aliphatic rings. The molecule has 25 heavy (non-hydrogen) atoms. The molecule has 1 fully saturated rings. The number of nitrogens with zero attached hydrogens (tertiary/aromatic N) is 2. The first-order chi connectivity index (χ1) is 11.8. The lowest BCUT2D eigenvalue weighted by atomic mass is 10.1. The lowest BCUT2D eigenvalue weighted by molar-refractivity contribution is 0.0949. The van der Waals surface area contributed by atoms with Gasteiger partial charge in [0, 0.05) is 17.3 Å². The van der Waals surface area contributed by atoms with Gasteiger partial charge in [0.15, 0.2) is 9.84 Å². The Hall–Kier alpha value is -1.86. The Balaban J connectivity index is 1.78. The molecule has 1 unspecified atom stereocenters. The predicted molar refractivity (Wildman–Crippen MR) is 96.6 cm³/mol. The summed E-state index contributed by atoms with van der Waals surface area (Å²) in [5.41, 5.74) is 2.62. The van der Waals surface area contributed by atoms with Crippen LogP contribution in [0.3, 0.4) is 0 Å². The molecule has 1 aromatic carbocycles. The van der Waals surface area contributed by atoms with Crippen molar-refractivity contribution in [1.29, 1.82) is 0 Å². The molecule has 0 spiro atoms. The third-order valence-corrected chi connectivity index (χ3v) is 6.62. The first-order valence-electron chi connectivity index (χ1n) is 8.06. The molecule has 0 saturated carbocycles. The van der Waals surface area contributed by atoms with Gasteiger partial charge in [-0.3, -0.25) is 9.48 Å². The van der Waals surface area contributed by atoms with E-state index in [2.05, 4.69) is 10.4 Å². The van der Waals surface area contributed by atoms with Gasteiger partial charge in [-0.05, 0) is 31.9 Å². The van der Waals surface area contributed by atoms with Crippen LogP contribution < -0.4 is 5.32 Å². The largest absolute Gasteiger partial charge is 0.348 e. The fraction of sp³-hybridized carbons (Fsp3) is 0.412. The Morgan fingerprint density at radius 1 is 1.36 bits per heavy atom. The summed E-state index contributed by atoms with van der Waals surface area (Å²) in [5, 5.41) is 7.88. The smallest absolute Gasteiger partial charge is 0.255 e. The predicted octanol–water partition coefficient (Wildman–Crippen LogP) is 2.44. The molecule has 1 aliphatic heterocycles. The summed E-state index contributed by atoms with van der Waals surface area (Å²) in [6.07, 6.45) is 0.533. The van der Waals surface area contributed by atoms with Crippen molar-refractivity contribution in [3.05, 3.63) is 51.8 Å². The molecule has 1 amide bonds. The van der Waals surface area contributed by atoms with Crippen molar-refractivity contribution in [1.82, 2.24) is 15.1 Å². The van der Waals surface area contributed by atoms with E-state index in [0.717, 1.165) is 5.56 Å². The summed E-state index contributed by atoms with van der Waals surface area (Å²) >= 11 is 6.11. The molecule has 8 heteroatoms. The number of rotatable bonds is 4. The summed E-state index contributed by atoms with van der Waals surface area (Å²) in [5.74, 6) is 0.0155. The lowest BCUT2D eigenvalue weighted by Crippen LogP contribution is -2.24. The Morgan fingerprint density at radius 2 is 2.08 bits per heavy atom. The van der Waals surface area contributed by atoms with Crippen LogP contribution in [-0.2, 0) is 16.4 Å². The number of nitrogens with one attached hydrogen (secondary N) is 1. The highest BCUT2D eigenvalue weighted by Crippen LogP contribution is 2.26. The van der Waals surface area contributed by atoms with E-state index in [9.17, 15) is 13.2 Å². The molecular weight excluding hydrogens is 362 g/mol. The first-order valence-corrected chi connectivity index (χ1v) is 10.3. The van der Waals surface area contributed by atoms with Crippen LogP contribution in [0.15, 0.2) is 24.3 Å². The van der Waals surface area contributed by atoms with Gasteiger partial charge in [0.05, 0.1) is 28.8 Å². The maximum atomic E-state index is 12.6. The number of carbonyl (C=O) groups excluding carboxylic acids is 1. The van der Waals surface area contributed by atoms with Crippen LogP contribution in [0.2, 0.25) is 5.02 Å². The minimum atomic E-state index is -3.01. The summed E-state index contributed by atoms with van der Waals surface area (Å²) in [6.45, 7) is 3.88. The normalized spacial score (nSPS) is 19.1. The Morgan fingerprint density at radius 3 is 2.72 bits per heavy atom. The number of hydrogen-bond donors (Lipinski definition) is 1. The Bertz CT molecular complexity index is 921. The van der Waals surface area contributed by atoms with Gasteiger partial charge in [-0.15, -0.1) is 0 Å². The minimum Gasteiger partial charge on any atom is -0.348 e. The van der Waals surface area contributed by atoms with E-state index in [4.69, 9.17) is 11.6 Å². The maximum absolute atomic E-state index is 12.6.